The monoisotopic (exact) mass is 409 g/mol. The first-order chi connectivity index (χ1) is 14.3. The number of nitrogens with one attached hydrogen (secondary N) is 2. The van der Waals surface area contributed by atoms with Crippen LogP contribution in [0, 0.1) is 26.7 Å². The Kier molecular flexibility index (Phi) is 6.40. The molecule has 2 aromatic carbocycles. The molecule has 0 spiro atoms. The lowest BCUT2D eigenvalue weighted by Crippen LogP contribution is -2.38. The minimum absolute atomic E-state index is 0.112. The minimum atomic E-state index is -0.501. The molecule has 7 nitrogen and oxygen atoms in total. The molecule has 0 aliphatic carbocycles. The quantitative estimate of drug-likeness (QED) is 0.768. The molecule has 1 unspecified atom stereocenters. The molecule has 7 heteroatoms. The molecule has 0 aromatic heterocycles. The van der Waals surface area contributed by atoms with Gasteiger partial charge in [0.2, 0.25) is 17.7 Å². The SMILES string of the molecule is COc1cccc(N2CC(C(=O)NCC(=O)Nc3c(C)cc(C)cc3C)CC2=O)c1. The molecule has 3 rings (SSSR count). The summed E-state index contributed by atoms with van der Waals surface area (Å²) in [5, 5.41) is 5.52. The lowest BCUT2D eigenvalue weighted by atomic mass is 10.1. The molecule has 1 aliphatic rings. The van der Waals surface area contributed by atoms with Crippen molar-refractivity contribution in [3.8, 4) is 5.75 Å². The van der Waals surface area contributed by atoms with E-state index in [0.717, 1.165) is 22.4 Å². The van der Waals surface area contributed by atoms with Gasteiger partial charge >= 0.3 is 0 Å². The van der Waals surface area contributed by atoms with Crippen molar-refractivity contribution in [3.05, 3.63) is 53.1 Å². The van der Waals surface area contributed by atoms with Gasteiger partial charge in [-0.1, -0.05) is 23.8 Å². The van der Waals surface area contributed by atoms with Crippen LogP contribution in [0.25, 0.3) is 0 Å². The highest BCUT2D eigenvalue weighted by Crippen LogP contribution is 2.28. The van der Waals surface area contributed by atoms with Gasteiger partial charge in [0, 0.05) is 30.4 Å². The van der Waals surface area contributed by atoms with Crippen molar-refractivity contribution in [2.24, 2.45) is 5.92 Å². The molecule has 158 valence electrons. The summed E-state index contributed by atoms with van der Waals surface area (Å²) in [6.07, 6.45) is 0.112. The zero-order valence-electron chi connectivity index (χ0n) is 17.7. The van der Waals surface area contributed by atoms with Crippen LogP contribution in [0.1, 0.15) is 23.1 Å². The molecule has 1 fully saturated rings. The van der Waals surface area contributed by atoms with Crippen LogP contribution in [-0.4, -0.2) is 37.9 Å². The lowest BCUT2D eigenvalue weighted by Gasteiger charge is -2.17. The maximum Gasteiger partial charge on any atom is 0.243 e. The first kappa shape index (κ1) is 21.4. The summed E-state index contributed by atoms with van der Waals surface area (Å²) in [6.45, 7) is 6.01. The number of carbonyl (C=O) groups excluding carboxylic acids is 3. The van der Waals surface area contributed by atoms with Crippen LogP contribution in [0.2, 0.25) is 0 Å². The second-order valence-electron chi connectivity index (χ2n) is 7.65. The topological polar surface area (TPSA) is 87.7 Å². The smallest absolute Gasteiger partial charge is 0.243 e. The number of ether oxygens (including phenoxy) is 1. The number of carbonyl (C=O) groups is 3. The van der Waals surface area contributed by atoms with Crippen molar-refractivity contribution in [1.82, 2.24) is 5.32 Å². The number of rotatable bonds is 6. The average Bonchev–Trinajstić information content (AvgIpc) is 3.10. The Bertz CT molecular complexity index is 963. The molecule has 0 radical (unpaired) electrons. The normalized spacial score (nSPS) is 15.8. The maximum absolute atomic E-state index is 12.5. The Morgan fingerprint density at radius 1 is 1.13 bits per heavy atom. The van der Waals surface area contributed by atoms with E-state index < -0.39 is 5.92 Å². The second kappa shape index (κ2) is 8.98. The predicted molar refractivity (Wildman–Crippen MR) is 116 cm³/mol. The van der Waals surface area contributed by atoms with Crippen LogP contribution in [0.5, 0.6) is 5.75 Å². The first-order valence-electron chi connectivity index (χ1n) is 9.88. The van der Waals surface area contributed by atoms with Crippen molar-refractivity contribution >= 4 is 29.1 Å². The zero-order chi connectivity index (χ0) is 21.8. The molecule has 1 saturated heterocycles. The van der Waals surface area contributed by atoms with Crippen LogP contribution >= 0.6 is 0 Å². The highest BCUT2D eigenvalue weighted by molar-refractivity contribution is 6.01. The van der Waals surface area contributed by atoms with E-state index in [2.05, 4.69) is 10.6 Å². The number of benzene rings is 2. The third kappa shape index (κ3) is 4.79. The summed E-state index contributed by atoms with van der Waals surface area (Å²) in [5.41, 5.74) is 4.53. The summed E-state index contributed by atoms with van der Waals surface area (Å²) in [7, 11) is 1.56. The molecular weight excluding hydrogens is 382 g/mol. The number of anilines is 2. The zero-order valence-corrected chi connectivity index (χ0v) is 17.7. The van der Waals surface area contributed by atoms with Crippen LogP contribution < -0.4 is 20.3 Å². The first-order valence-corrected chi connectivity index (χ1v) is 9.88. The third-order valence-corrected chi connectivity index (χ3v) is 5.23. The van der Waals surface area contributed by atoms with E-state index in [1.165, 1.54) is 0 Å². The molecule has 3 amide bonds. The van der Waals surface area contributed by atoms with E-state index in [-0.39, 0.29) is 37.2 Å². The van der Waals surface area contributed by atoms with Gasteiger partial charge in [0.15, 0.2) is 0 Å². The van der Waals surface area contributed by atoms with E-state index in [1.807, 2.05) is 32.9 Å². The third-order valence-electron chi connectivity index (χ3n) is 5.23. The highest BCUT2D eigenvalue weighted by atomic mass is 16.5. The summed E-state index contributed by atoms with van der Waals surface area (Å²) >= 11 is 0. The van der Waals surface area contributed by atoms with Crippen molar-refractivity contribution < 1.29 is 19.1 Å². The fourth-order valence-electron chi connectivity index (χ4n) is 3.78. The van der Waals surface area contributed by atoms with E-state index in [4.69, 9.17) is 4.74 Å². The summed E-state index contributed by atoms with van der Waals surface area (Å²) in [5.74, 6) is -0.585. The molecule has 30 heavy (non-hydrogen) atoms. The molecule has 2 N–H and O–H groups in total. The van der Waals surface area contributed by atoms with Crippen LogP contribution in [-0.2, 0) is 14.4 Å². The molecular formula is C23H27N3O4. The van der Waals surface area contributed by atoms with Gasteiger partial charge in [-0.3, -0.25) is 14.4 Å². The van der Waals surface area contributed by atoms with Gasteiger partial charge in [-0.25, -0.2) is 0 Å². The second-order valence-corrected chi connectivity index (χ2v) is 7.65. The fourth-order valence-corrected chi connectivity index (χ4v) is 3.78. The van der Waals surface area contributed by atoms with E-state index in [0.29, 0.717) is 11.4 Å². The van der Waals surface area contributed by atoms with Gasteiger partial charge in [-0.2, -0.15) is 0 Å². The van der Waals surface area contributed by atoms with Crippen LogP contribution in [0.15, 0.2) is 36.4 Å². The van der Waals surface area contributed by atoms with Gasteiger partial charge in [0.05, 0.1) is 19.6 Å². The van der Waals surface area contributed by atoms with Crippen molar-refractivity contribution in [2.45, 2.75) is 27.2 Å². The number of hydrogen-bond donors (Lipinski definition) is 2. The fraction of sp³-hybridized carbons (Fsp3) is 0.348. The van der Waals surface area contributed by atoms with Gasteiger partial charge in [-0.05, 0) is 44.0 Å². The number of amides is 3. The van der Waals surface area contributed by atoms with Crippen molar-refractivity contribution in [3.63, 3.8) is 0 Å². The van der Waals surface area contributed by atoms with E-state index >= 15 is 0 Å². The summed E-state index contributed by atoms with van der Waals surface area (Å²) < 4.78 is 5.20. The number of nitrogens with zero attached hydrogens (tertiary/aromatic N) is 1. The van der Waals surface area contributed by atoms with Gasteiger partial charge < -0.3 is 20.3 Å². The van der Waals surface area contributed by atoms with Crippen LogP contribution in [0.3, 0.4) is 0 Å². The number of aryl methyl sites for hydroxylation is 3. The molecule has 1 aliphatic heterocycles. The molecule has 0 saturated carbocycles. The van der Waals surface area contributed by atoms with Gasteiger partial charge in [-0.15, -0.1) is 0 Å². The van der Waals surface area contributed by atoms with Crippen LogP contribution in [0.4, 0.5) is 11.4 Å². The Balaban J connectivity index is 1.56. The Morgan fingerprint density at radius 2 is 1.83 bits per heavy atom. The predicted octanol–water partition coefficient (Wildman–Crippen LogP) is 2.73. The highest BCUT2D eigenvalue weighted by Gasteiger charge is 2.35. The Hall–Kier alpha value is -3.35. The Morgan fingerprint density at radius 3 is 2.50 bits per heavy atom. The largest absolute Gasteiger partial charge is 0.497 e. The molecule has 1 atom stereocenters. The van der Waals surface area contributed by atoms with Crippen molar-refractivity contribution in [1.29, 1.82) is 0 Å². The minimum Gasteiger partial charge on any atom is -0.497 e. The molecule has 1 heterocycles. The number of methoxy groups -OCH3 is 1. The summed E-state index contributed by atoms with van der Waals surface area (Å²) in [4.78, 5) is 38.8. The lowest BCUT2D eigenvalue weighted by molar-refractivity contribution is -0.127. The molecule has 2 aromatic rings. The van der Waals surface area contributed by atoms with Gasteiger partial charge in [0.1, 0.15) is 5.75 Å². The number of hydrogen-bond acceptors (Lipinski definition) is 4. The standard InChI is InChI=1S/C23H27N3O4/c1-14-8-15(2)22(16(3)9-14)25-20(27)12-24-23(29)17-10-21(28)26(13-17)18-6-5-7-19(11-18)30-4/h5-9,11,17H,10,12-13H2,1-4H3,(H,24,29)(H,25,27). The van der Waals surface area contributed by atoms with Crippen molar-refractivity contribution in [2.75, 3.05) is 30.4 Å². The Labute approximate surface area is 176 Å². The molecule has 0 bridgehead atoms. The van der Waals surface area contributed by atoms with Gasteiger partial charge in [0.25, 0.3) is 0 Å². The maximum atomic E-state index is 12.5. The summed E-state index contributed by atoms with van der Waals surface area (Å²) in [6, 6.07) is 11.2. The van der Waals surface area contributed by atoms with E-state index in [1.54, 1.807) is 36.3 Å². The average molecular weight is 409 g/mol. The van der Waals surface area contributed by atoms with E-state index in [9.17, 15) is 14.4 Å².